The molecule has 3 fully saturated rings. The molecule has 2 atom stereocenters. The lowest BCUT2D eigenvalue weighted by Gasteiger charge is -2.43. The van der Waals surface area contributed by atoms with Crippen LogP contribution in [0.15, 0.2) is 0 Å². The molecule has 3 aliphatic heterocycles. The minimum atomic E-state index is -0.304. The molecule has 0 radical (unpaired) electrons. The summed E-state index contributed by atoms with van der Waals surface area (Å²) in [6.07, 6.45) is 4.68. The number of rotatable bonds is 5. The van der Waals surface area contributed by atoms with Gasteiger partial charge in [0.05, 0.1) is 24.2 Å². The number of hydrogen-bond acceptors (Lipinski definition) is 5. The van der Waals surface area contributed by atoms with Crippen molar-refractivity contribution in [1.29, 1.82) is 0 Å². The molecule has 0 aliphatic carbocycles. The molecule has 26 heavy (non-hydrogen) atoms. The molecule has 0 aromatic heterocycles. The fourth-order valence-electron chi connectivity index (χ4n) is 5.05. The molecule has 150 valence electrons. The highest BCUT2D eigenvalue weighted by Gasteiger charge is 2.43. The summed E-state index contributed by atoms with van der Waals surface area (Å²) in [7, 11) is 1.72. The summed E-state index contributed by atoms with van der Waals surface area (Å²) in [6, 6.07) is 0. The smallest absolute Gasteiger partial charge is 0.231 e. The molecule has 6 heteroatoms. The van der Waals surface area contributed by atoms with Crippen LogP contribution in [0.5, 0.6) is 0 Å². The summed E-state index contributed by atoms with van der Waals surface area (Å²) in [4.78, 5) is 17.9. The molecule has 3 rings (SSSR count). The summed E-state index contributed by atoms with van der Waals surface area (Å²) in [5.74, 6) is 1.02. The number of hydrogen-bond donors (Lipinski definition) is 1. The standard InChI is InChI=1S/C20H37N3O3/c1-16-12-22(13-17(2)26-16)14-18-4-10-23(11-5-18)19(24)20(15-25-3)6-8-21-9-7-20/h16-18,21H,4-15H2,1-3H3. The van der Waals surface area contributed by atoms with E-state index in [9.17, 15) is 4.79 Å². The second kappa shape index (κ2) is 9.00. The van der Waals surface area contributed by atoms with E-state index in [1.54, 1.807) is 7.11 Å². The fraction of sp³-hybridized carbons (Fsp3) is 0.950. The van der Waals surface area contributed by atoms with Gasteiger partial charge in [-0.3, -0.25) is 9.69 Å². The molecule has 1 N–H and O–H groups in total. The van der Waals surface area contributed by atoms with E-state index < -0.39 is 0 Å². The van der Waals surface area contributed by atoms with Crippen molar-refractivity contribution < 1.29 is 14.3 Å². The number of likely N-dealkylation sites (tertiary alicyclic amines) is 1. The molecule has 0 spiro atoms. The van der Waals surface area contributed by atoms with E-state index in [-0.39, 0.29) is 5.41 Å². The molecule has 0 bridgehead atoms. The van der Waals surface area contributed by atoms with Crippen LogP contribution in [-0.4, -0.2) is 87.4 Å². The zero-order valence-corrected chi connectivity index (χ0v) is 16.8. The summed E-state index contributed by atoms with van der Waals surface area (Å²) in [5, 5.41) is 3.37. The van der Waals surface area contributed by atoms with Crippen LogP contribution in [0.3, 0.4) is 0 Å². The Labute approximate surface area is 158 Å². The van der Waals surface area contributed by atoms with Crippen molar-refractivity contribution >= 4 is 5.91 Å². The third kappa shape index (κ3) is 4.77. The normalized spacial score (nSPS) is 31.1. The Hall–Kier alpha value is -0.690. The van der Waals surface area contributed by atoms with Gasteiger partial charge >= 0.3 is 0 Å². The lowest BCUT2D eigenvalue weighted by Crippen LogP contribution is -2.54. The van der Waals surface area contributed by atoms with Crippen LogP contribution in [0, 0.1) is 11.3 Å². The van der Waals surface area contributed by atoms with Gasteiger partial charge in [-0.1, -0.05) is 0 Å². The van der Waals surface area contributed by atoms with E-state index in [0.29, 0.717) is 30.6 Å². The number of carbonyl (C=O) groups excluding carboxylic acids is 1. The van der Waals surface area contributed by atoms with Gasteiger partial charge in [0.1, 0.15) is 0 Å². The van der Waals surface area contributed by atoms with Crippen LogP contribution in [0.25, 0.3) is 0 Å². The van der Waals surface area contributed by atoms with Gasteiger partial charge in [-0.2, -0.15) is 0 Å². The predicted octanol–water partition coefficient (Wildman–Crippen LogP) is 1.35. The molecular weight excluding hydrogens is 330 g/mol. The molecular formula is C20H37N3O3. The zero-order chi connectivity index (χ0) is 18.6. The molecule has 2 unspecified atom stereocenters. The maximum absolute atomic E-state index is 13.2. The predicted molar refractivity (Wildman–Crippen MR) is 102 cm³/mol. The minimum absolute atomic E-state index is 0.304. The van der Waals surface area contributed by atoms with Gasteiger partial charge in [0.25, 0.3) is 0 Å². The van der Waals surface area contributed by atoms with Crippen molar-refractivity contribution in [3.05, 3.63) is 0 Å². The van der Waals surface area contributed by atoms with Crippen LogP contribution >= 0.6 is 0 Å². The van der Waals surface area contributed by atoms with Gasteiger partial charge in [0.15, 0.2) is 0 Å². The number of morpholine rings is 1. The van der Waals surface area contributed by atoms with Crippen molar-refractivity contribution in [2.24, 2.45) is 11.3 Å². The van der Waals surface area contributed by atoms with Crippen LogP contribution < -0.4 is 5.32 Å². The highest BCUT2D eigenvalue weighted by atomic mass is 16.5. The molecule has 6 nitrogen and oxygen atoms in total. The maximum atomic E-state index is 13.2. The molecule has 0 saturated carbocycles. The van der Waals surface area contributed by atoms with Gasteiger partial charge in [-0.25, -0.2) is 0 Å². The van der Waals surface area contributed by atoms with Gasteiger partial charge in [0, 0.05) is 39.8 Å². The first-order valence-electron chi connectivity index (χ1n) is 10.4. The van der Waals surface area contributed by atoms with E-state index in [2.05, 4.69) is 29.0 Å². The summed E-state index contributed by atoms with van der Waals surface area (Å²) in [6.45, 7) is 11.7. The molecule has 3 heterocycles. The number of piperidine rings is 2. The number of methoxy groups -OCH3 is 1. The quantitative estimate of drug-likeness (QED) is 0.795. The lowest BCUT2D eigenvalue weighted by atomic mass is 9.77. The molecule has 1 amide bonds. The van der Waals surface area contributed by atoms with E-state index in [4.69, 9.17) is 9.47 Å². The summed E-state index contributed by atoms with van der Waals surface area (Å²) < 4.78 is 11.3. The van der Waals surface area contributed by atoms with E-state index in [1.807, 2.05) is 0 Å². The fourth-order valence-corrected chi connectivity index (χ4v) is 5.05. The van der Waals surface area contributed by atoms with Crippen molar-refractivity contribution in [3.8, 4) is 0 Å². The van der Waals surface area contributed by atoms with Crippen LogP contribution in [-0.2, 0) is 14.3 Å². The lowest BCUT2D eigenvalue weighted by molar-refractivity contribution is -0.149. The number of nitrogens with zero attached hydrogens (tertiary/aromatic N) is 2. The van der Waals surface area contributed by atoms with Crippen molar-refractivity contribution in [2.75, 3.05) is 59.5 Å². The van der Waals surface area contributed by atoms with Crippen LogP contribution in [0.2, 0.25) is 0 Å². The molecule has 3 saturated heterocycles. The van der Waals surface area contributed by atoms with Crippen molar-refractivity contribution in [3.63, 3.8) is 0 Å². The Morgan fingerprint density at radius 1 is 1.15 bits per heavy atom. The SMILES string of the molecule is COCC1(C(=O)N2CCC(CN3CC(C)OC(C)C3)CC2)CCNCC1. The first-order chi connectivity index (χ1) is 12.5. The summed E-state index contributed by atoms with van der Waals surface area (Å²) >= 11 is 0. The monoisotopic (exact) mass is 367 g/mol. The zero-order valence-electron chi connectivity index (χ0n) is 16.8. The molecule has 3 aliphatic rings. The Morgan fingerprint density at radius 3 is 2.35 bits per heavy atom. The second-order valence-corrected chi connectivity index (χ2v) is 8.67. The van der Waals surface area contributed by atoms with Crippen LogP contribution in [0.1, 0.15) is 39.5 Å². The topological polar surface area (TPSA) is 54.0 Å². The van der Waals surface area contributed by atoms with Gasteiger partial charge in [-0.05, 0) is 58.5 Å². The Bertz CT molecular complexity index is 444. The maximum Gasteiger partial charge on any atom is 0.231 e. The van der Waals surface area contributed by atoms with E-state index in [1.165, 1.54) is 0 Å². The Morgan fingerprint density at radius 2 is 1.77 bits per heavy atom. The first kappa shape index (κ1) is 20.1. The number of nitrogens with one attached hydrogen (secondary N) is 1. The average molecular weight is 368 g/mol. The molecule has 0 aromatic carbocycles. The third-order valence-corrected chi connectivity index (χ3v) is 6.35. The van der Waals surface area contributed by atoms with Gasteiger partial charge < -0.3 is 19.7 Å². The number of ether oxygens (including phenoxy) is 2. The Balaban J connectivity index is 1.50. The van der Waals surface area contributed by atoms with Crippen molar-refractivity contribution in [1.82, 2.24) is 15.1 Å². The highest BCUT2D eigenvalue weighted by Crippen LogP contribution is 2.33. The third-order valence-electron chi connectivity index (χ3n) is 6.35. The van der Waals surface area contributed by atoms with Gasteiger partial charge in [-0.15, -0.1) is 0 Å². The second-order valence-electron chi connectivity index (χ2n) is 8.67. The van der Waals surface area contributed by atoms with Crippen molar-refractivity contribution in [2.45, 2.75) is 51.7 Å². The minimum Gasteiger partial charge on any atom is -0.384 e. The van der Waals surface area contributed by atoms with Gasteiger partial charge in [0.2, 0.25) is 5.91 Å². The number of amides is 1. The average Bonchev–Trinajstić information content (AvgIpc) is 2.62. The van der Waals surface area contributed by atoms with E-state index >= 15 is 0 Å². The van der Waals surface area contributed by atoms with Crippen LogP contribution in [0.4, 0.5) is 0 Å². The number of carbonyl (C=O) groups is 1. The first-order valence-corrected chi connectivity index (χ1v) is 10.4. The largest absolute Gasteiger partial charge is 0.384 e. The highest BCUT2D eigenvalue weighted by molar-refractivity contribution is 5.83. The molecule has 0 aromatic rings. The van der Waals surface area contributed by atoms with E-state index in [0.717, 1.165) is 71.5 Å². The summed E-state index contributed by atoms with van der Waals surface area (Å²) in [5.41, 5.74) is -0.304. The Kier molecular flexibility index (Phi) is 6.94.